The minimum atomic E-state index is -0.596. The summed E-state index contributed by atoms with van der Waals surface area (Å²) in [5, 5.41) is 2.88. The number of nitrogens with one attached hydrogen (secondary N) is 1. The van der Waals surface area contributed by atoms with E-state index in [1.807, 2.05) is 6.92 Å². The van der Waals surface area contributed by atoms with Crippen molar-refractivity contribution >= 4 is 11.9 Å². The van der Waals surface area contributed by atoms with Gasteiger partial charge in [0.05, 0.1) is 13.2 Å². The van der Waals surface area contributed by atoms with Crippen LogP contribution in [-0.2, 0) is 9.53 Å². The number of nitrogens with zero attached hydrogens (tertiary/aromatic N) is 1. The minimum Gasteiger partial charge on any atom is -0.380 e. The average molecular weight is 240 g/mol. The van der Waals surface area contributed by atoms with Gasteiger partial charge in [-0.3, -0.25) is 9.69 Å². The Morgan fingerprint density at radius 2 is 2.00 bits per heavy atom. The second-order valence-electron chi connectivity index (χ2n) is 4.73. The van der Waals surface area contributed by atoms with Crippen molar-refractivity contribution in [2.75, 3.05) is 19.8 Å². The molecular weight excluding hydrogens is 220 g/mol. The monoisotopic (exact) mass is 240 g/mol. The van der Waals surface area contributed by atoms with Crippen LogP contribution in [0.2, 0.25) is 0 Å². The third-order valence-electron chi connectivity index (χ3n) is 3.62. The van der Waals surface area contributed by atoms with Crippen LogP contribution in [0.1, 0.15) is 39.0 Å². The number of ether oxygens (including phenoxy) is 1. The van der Waals surface area contributed by atoms with Crippen molar-refractivity contribution in [3.05, 3.63) is 0 Å². The Bertz CT molecular complexity index is 311. The Labute approximate surface area is 101 Å². The molecule has 2 fully saturated rings. The summed E-state index contributed by atoms with van der Waals surface area (Å²) in [6, 6.07) is -0.253. The molecule has 5 nitrogen and oxygen atoms in total. The van der Waals surface area contributed by atoms with Gasteiger partial charge in [-0.05, 0) is 19.8 Å². The van der Waals surface area contributed by atoms with Gasteiger partial charge in [-0.2, -0.15) is 0 Å². The molecule has 0 radical (unpaired) electrons. The van der Waals surface area contributed by atoms with Crippen LogP contribution < -0.4 is 5.32 Å². The summed E-state index contributed by atoms with van der Waals surface area (Å²) < 4.78 is 5.19. The van der Waals surface area contributed by atoms with Crippen LogP contribution in [0.5, 0.6) is 0 Å². The molecule has 1 saturated carbocycles. The summed E-state index contributed by atoms with van der Waals surface area (Å²) in [4.78, 5) is 25.4. The van der Waals surface area contributed by atoms with E-state index in [0.29, 0.717) is 19.8 Å². The summed E-state index contributed by atoms with van der Waals surface area (Å²) in [6.07, 6.45) is 4.76. The third-order valence-corrected chi connectivity index (χ3v) is 3.62. The summed E-state index contributed by atoms with van der Waals surface area (Å²) in [5.74, 6) is -0.0538. The number of hydrogen-bond acceptors (Lipinski definition) is 3. The van der Waals surface area contributed by atoms with Gasteiger partial charge in [0.1, 0.15) is 5.54 Å². The number of carbonyl (C=O) groups is 2. The number of rotatable bonds is 4. The molecule has 0 unspecified atom stereocenters. The van der Waals surface area contributed by atoms with Gasteiger partial charge in [0.25, 0.3) is 5.91 Å². The molecular formula is C12H20N2O3. The molecule has 1 aliphatic carbocycles. The minimum absolute atomic E-state index is 0.0538. The fraction of sp³-hybridized carbons (Fsp3) is 0.833. The fourth-order valence-corrected chi connectivity index (χ4v) is 2.67. The molecule has 1 saturated heterocycles. The van der Waals surface area contributed by atoms with Gasteiger partial charge in [0.15, 0.2) is 0 Å². The quantitative estimate of drug-likeness (QED) is 0.595. The van der Waals surface area contributed by atoms with Crippen molar-refractivity contribution in [2.24, 2.45) is 0 Å². The van der Waals surface area contributed by atoms with Gasteiger partial charge in [-0.15, -0.1) is 0 Å². The van der Waals surface area contributed by atoms with Crippen LogP contribution in [0.3, 0.4) is 0 Å². The fourth-order valence-electron chi connectivity index (χ4n) is 2.67. The first-order chi connectivity index (χ1) is 8.19. The Balaban J connectivity index is 2.00. The van der Waals surface area contributed by atoms with Crippen LogP contribution in [0.4, 0.5) is 4.79 Å². The molecule has 1 spiro atoms. The third kappa shape index (κ3) is 2.29. The van der Waals surface area contributed by atoms with Crippen molar-refractivity contribution in [3.63, 3.8) is 0 Å². The lowest BCUT2D eigenvalue weighted by Crippen LogP contribution is -2.48. The first-order valence-electron chi connectivity index (χ1n) is 6.41. The SMILES string of the molecule is CCOCCN1C(=O)NC2(CCCCC2)C1=O. The van der Waals surface area contributed by atoms with E-state index < -0.39 is 5.54 Å². The Morgan fingerprint density at radius 3 is 2.65 bits per heavy atom. The normalized spacial score (nSPS) is 23.2. The number of imide groups is 1. The van der Waals surface area contributed by atoms with Gasteiger partial charge < -0.3 is 10.1 Å². The molecule has 0 bridgehead atoms. The highest BCUT2D eigenvalue weighted by molar-refractivity contribution is 6.07. The first kappa shape index (κ1) is 12.4. The lowest BCUT2D eigenvalue weighted by Gasteiger charge is -2.30. The topological polar surface area (TPSA) is 58.6 Å². The van der Waals surface area contributed by atoms with Gasteiger partial charge in [-0.1, -0.05) is 19.3 Å². The van der Waals surface area contributed by atoms with Crippen LogP contribution in [0.15, 0.2) is 0 Å². The maximum atomic E-state index is 12.3. The van der Waals surface area contributed by atoms with E-state index in [2.05, 4.69) is 5.32 Å². The van der Waals surface area contributed by atoms with E-state index in [9.17, 15) is 9.59 Å². The highest BCUT2D eigenvalue weighted by Crippen LogP contribution is 2.33. The van der Waals surface area contributed by atoms with Crippen LogP contribution >= 0.6 is 0 Å². The maximum Gasteiger partial charge on any atom is 0.325 e. The van der Waals surface area contributed by atoms with Crippen LogP contribution in [0.25, 0.3) is 0 Å². The number of amides is 3. The maximum absolute atomic E-state index is 12.3. The second-order valence-corrected chi connectivity index (χ2v) is 4.73. The molecule has 3 amide bonds. The molecule has 96 valence electrons. The van der Waals surface area contributed by atoms with Crippen LogP contribution in [-0.4, -0.2) is 42.1 Å². The number of carbonyl (C=O) groups excluding carboxylic acids is 2. The van der Waals surface area contributed by atoms with E-state index in [1.165, 1.54) is 4.90 Å². The van der Waals surface area contributed by atoms with E-state index in [1.54, 1.807) is 0 Å². The highest BCUT2D eigenvalue weighted by atomic mass is 16.5. The molecule has 0 aromatic carbocycles. The van der Waals surface area contributed by atoms with E-state index in [0.717, 1.165) is 32.1 Å². The Morgan fingerprint density at radius 1 is 1.29 bits per heavy atom. The predicted molar refractivity (Wildman–Crippen MR) is 62.6 cm³/mol. The van der Waals surface area contributed by atoms with Crippen molar-refractivity contribution in [2.45, 2.75) is 44.6 Å². The van der Waals surface area contributed by atoms with Crippen molar-refractivity contribution in [1.29, 1.82) is 0 Å². The molecule has 5 heteroatoms. The highest BCUT2D eigenvalue weighted by Gasteiger charge is 2.50. The summed E-state index contributed by atoms with van der Waals surface area (Å²) >= 11 is 0. The molecule has 1 aliphatic heterocycles. The Hall–Kier alpha value is -1.10. The van der Waals surface area contributed by atoms with Crippen LogP contribution in [0, 0.1) is 0 Å². The first-order valence-corrected chi connectivity index (χ1v) is 6.41. The largest absolute Gasteiger partial charge is 0.380 e. The predicted octanol–water partition coefficient (Wildman–Crippen LogP) is 1.28. The van der Waals surface area contributed by atoms with Gasteiger partial charge >= 0.3 is 6.03 Å². The number of hydrogen-bond donors (Lipinski definition) is 1. The summed E-state index contributed by atoms with van der Waals surface area (Å²) in [7, 11) is 0. The zero-order valence-electron chi connectivity index (χ0n) is 10.3. The summed E-state index contributed by atoms with van der Waals surface area (Å²) in [5.41, 5.74) is -0.596. The number of urea groups is 1. The molecule has 17 heavy (non-hydrogen) atoms. The molecule has 2 rings (SSSR count). The van der Waals surface area contributed by atoms with E-state index in [-0.39, 0.29) is 11.9 Å². The second kappa shape index (κ2) is 5.04. The molecule has 0 aromatic rings. The lowest BCUT2D eigenvalue weighted by atomic mass is 9.82. The summed E-state index contributed by atoms with van der Waals surface area (Å²) in [6.45, 7) is 3.29. The Kier molecular flexibility index (Phi) is 3.66. The molecule has 1 heterocycles. The molecule has 2 aliphatic rings. The zero-order chi connectivity index (χ0) is 12.3. The average Bonchev–Trinajstić information content (AvgIpc) is 2.55. The molecule has 0 aromatic heterocycles. The lowest BCUT2D eigenvalue weighted by molar-refractivity contribution is -0.132. The molecule has 1 N–H and O–H groups in total. The zero-order valence-corrected chi connectivity index (χ0v) is 10.3. The smallest absolute Gasteiger partial charge is 0.325 e. The van der Waals surface area contributed by atoms with Gasteiger partial charge in [0, 0.05) is 6.61 Å². The van der Waals surface area contributed by atoms with Crippen molar-refractivity contribution < 1.29 is 14.3 Å². The standard InChI is InChI=1S/C12H20N2O3/c1-2-17-9-8-14-10(15)12(13-11(14)16)6-4-3-5-7-12/h2-9H2,1H3,(H,13,16). The van der Waals surface area contributed by atoms with E-state index in [4.69, 9.17) is 4.74 Å². The van der Waals surface area contributed by atoms with Gasteiger partial charge in [0.2, 0.25) is 0 Å². The van der Waals surface area contributed by atoms with Crippen molar-refractivity contribution in [3.8, 4) is 0 Å². The van der Waals surface area contributed by atoms with Crippen molar-refractivity contribution in [1.82, 2.24) is 10.2 Å². The molecule has 0 atom stereocenters. The van der Waals surface area contributed by atoms with E-state index >= 15 is 0 Å². The van der Waals surface area contributed by atoms with Gasteiger partial charge in [-0.25, -0.2) is 4.79 Å².